The first kappa shape index (κ1) is 22.7. The van der Waals surface area contributed by atoms with Gasteiger partial charge in [0, 0.05) is 23.1 Å². The zero-order valence-corrected chi connectivity index (χ0v) is 17.9. The van der Waals surface area contributed by atoms with E-state index in [0.717, 1.165) is 32.1 Å². The van der Waals surface area contributed by atoms with Crippen molar-refractivity contribution in [3.63, 3.8) is 0 Å². The Labute approximate surface area is 177 Å². The molecule has 1 heterocycles. The molecule has 2 nitrogen and oxygen atoms in total. The number of hydrogen-bond donors (Lipinski definition) is 0. The molecule has 2 unspecified atom stereocenters. The van der Waals surface area contributed by atoms with E-state index in [-0.39, 0.29) is 23.1 Å². The average molecular weight is 421 g/mol. The van der Waals surface area contributed by atoms with E-state index in [0.29, 0.717) is 24.5 Å². The van der Waals surface area contributed by atoms with Crippen molar-refractivity contribution in [2.75, 3.05) is 13.2 Å². The van der Waals surface area contributed by atoms with Crippen LogP contribution >= 0.6 is 0 Å². The van der Waals surface area contributed by atoms with Gasteiger partial charge in [0.25, 0.3) is 0 Å². The third-order valence-corrected chi connectivity index (χ3v) is 5.76. The van der Waals surface area contributed by atoms with Gasteiger partial charge in [0.05, 0.1) is 19.3 Å². The molecule has 0 aliphatic carbocycles. The average Bonchev–Trinajstić information content (AvgIpc) is 2.75. The Morgan fingerprint density at radius 2 is 1.73 bits per heavy atom. The van der Waals surface area contributed by atoms with Crippen LogP contribution in [0.2, 0.25) is 0 Å². The van der Waals surface area contributed by atoms with Gasteiger partial charge >= 0.3 is 0 Å². The monoisotopic (exact) mass is 420 g/mol. The van der Waals surface area contributed by atoms with Crippen molar-refractivity contribution >= 4 is 0 Å². The van der Waals surface area contributed by atoms with Gasteiger partial charge in [-0.1, -0.05) is 45.2 Å². The molecule has 2 aromatic carbocycles. The number of unbranched alkanes of at least 4 members (excludes halogenated alkanes) is 2. The largest absolute Gasteiger partial charge is 0.494 e. The van der Waals surface area contributed by atoms with E-state index < -0.39 is 17.5 Å². The van der Waals surface area contributed by atoms with E-state index in [1.807, 2.05) is 6.92 Å². The Kier molecular flexibility index (Phi) is 8.20. The van der Waals surface area contributed by atoms with Crippen LogP contribution in [0, 0.1) is 17.5 Å². The summed E-state index contributed by atoms with van der Waals surface area (Å²) in [7, 11) is 0. The Morgan fingerprint density at radius 3 is 2.40 bits per heavy atom. The molecular weight excluding hydrogens is 389 g/mol. The smallest absolute Gasteiger partial charge is 0.167 e. The molecule has 0 N–H and O–H groups in total. The molecule has 1 aliphatic heterocycles. The maximum absolute atomic E-state index is 14.9. The van der Waals surface area contributed by atoms with Gasteiger partial charge in [-0.2, -0.15) is 0 Å². The van der Waals surface area contributed by atoms with Crippen LogP contribution in [0.15, 0.2) is 30.3 Å². The molecule has 5 heteroatoms. The Hall–Kier alpha value is -2.01. The molecule has 164 valence electrons. The van der Waals surface area contributed by atoms with Crippen molar-refractivity contribution in [3.8, 4) is 16.9 Å². The van der Waals surface area contributed by atoms with Crippen molar-refractivity contribution in [2.24, 2.45) is 0 Å². The number of ether oxygens (including phenoxy) is 2. The maximum atomic E-state index is 14.9. The summed E-state index contributed by atoms with van der Waals surface area (Å²) in [6, 6.07) is 7.26. The van der Waals surface area contributed by atoms with Crippen LogP contribution in [0.3, 0.4) is 0 Å². The summed E-state index contributed by atoms with van der Waals surface area (Å²) in [5, 5.41) is 0. The van der Waals surface area contributed by atoms with Crippen LogP contribution in [0.25, 0.3) is 11.1 Å². The molecule has 1 fully saturated rings. The summed E-state index contributed by atoms with van der Waals surface area (Å²) >= 11 is 0. The van der Waals surface area contributed by atoms with Crippen molar-refractivity contribution < 1.29 is 22.6 Å². The van der Waals surface area contributed by atoms with Gasteiger partial charge in [0.1, 0.15) is 11.6 Å². The molecule has 0 amide bonds. The van der Waals surface area contributed by atoms with E-state index in [9.17, 15) is 13.2 Å². The number of benzene rings is 2. The second-order valence-electron chi connectivity index (χ2n) is 8.05. The van der Waals surface area contributed by atoms with Gasteiger partial charge in [0.2, 0.25) is 0 Å². The molecule has 0 radical (unpaired) electrons. The highest BCUT2D eigenvalue weighted by atomic mass is 19.2. The third kappa shape index (κ3) is 5.37. The van der Waals surface area contributed by atoms with Crippen LogP contribution in [0.5, 0.6) is 5.75 Å². The van der Waals surface area contributed by atoms with Gasteiger partial charge in [0.15, 0.2) is 11.6 Å². The first-order valence-electron chi connectivity index (χ1n) is 11.1. The van der Waals surface area contributed by atoms with Crippen molar-refractivity contribution in [1.82, 2.24) is 0 Å². The fraction of sp³-hybridized carbons (Fsp3) is 0.520. The predicted molar refractivity (Wildman–Crippen MR) is 113 cm³/mol. The molecule has 0 saturated carbocycles. The Balaban J connectivity index is 1.72. The topological polar surface area (TPSA) is 18.5 Å². The lowest BCUT2D eigenvalue weighted by atomic mass is 9.88. The normalized spacial score (nSPS) is 19.1. The highest BCUT2D eigenvalue weighted by molar-refractivity contribution is 5.66. The quantitative estimate of drug-likeness (QED) is 0.393. The second kappa shape index (κ2) is 10.9. The molecule has 1 aliphatic rings. The minimum atomic E-state index is -1.02. The van der Waals surface area contributed by atoms with Crippen LogP contribution < -0.4 is 4.74 Å². The first-order valence-corrected chi connectivity index (χ1v) is 11.1. The van der Waals surface area contributed by atoms with Crippen LogP contribution in [0.1, 0.15) is 70.3 Å². The fourth-order valence-electron chi connectivity index (χ4n) is 4.01. The highest BCUT2D eigenvalue weighted by Gasteiger charge is 2.27. The number of hydrogen-bond acceptors (Lipinski definition) is 2. The number of rotatable bonds is 9. The Morgan fingerprint density at radius 1 is 0.933 bits per heavy atom. The van der Waals surface area contributed by atoms with Crippen molar-refractivity contribution in [2.45, 2.75) is 70.8 Å². The molecule has 0 spiro atoms. The molecular formula is C25H31F3O2. The van der Waals surface area contributed by atoms with Crippen LogP contribution in [-0.4, -0.2) is 19.3 Å². The maximum Gasteiger partial charge on any atom is 0.167 e. The SMILES string of the molecule is CCCCCC1CCC(c2ccc(-c3ccc(OCCC)cc3F)c(F)c2F)CO1. The lowest BCUT2D eigenvalue weighted by molar-refractivity contribution is -0.00277. The van der Waals surface area contributed by atoms with Gasteiger partial charge in [-0.05, 0) is 43.4 Å². The van der Waals surface area contributed by atoms with E-state index in [2.05, 4.69) is 6.92 Å². The lowest BCUT2D eigenvalue weighted by Crippen LogP contribution is -2.25. The minimum Gasteiger partial charge on any atom is -0.494 e. The van der Waals surface area contributed by atoms with E-state index in [1.54, 1.807) is 12.1 Å². The first-order chi connectivity index (χ1) is 14.5. The molecule has 3 rings (SSSR count). The lowest BCUT2D eigenvalue weighted by Gasteiger charge is -2.30. The molecule has 30 heavy (non-hydrogen) atoms. The third-order valence-electron chi connectivity index (χ3n) is 5.76. The summed E-state index contributed by atoms with van der Waals surface area (Å²) in [5.41, 5.74) is 0.259. The zero-order chi connectivity index (χ0) is 21.5. The van der Waals surface area contributed by atoms with Gasteiger partial charge in [-0.3, -0.25) is 0 Å². The summed E-state index contributed by atoms with van der Waals surface area (Å²) in [4.78, 5) is 0. The Bertz CT molecular complexity index is 829. The van der Waals surface area contributed by atoms with Crippen molar-refractivity contribution in [1.29, 1.82) is 0 Å². The number of halogens is 3. The second-order valence-corrected chi connectivity index (χ2v) is 8.05. The van der Waals surface area contributed by atoms with Gasteiger partial charge in [-0.25, -0.2) is 13.2 Å². The zero-order valence-electron chi connectivity index (χ0n) is 17.9. The molecule has 0 aromatic heterocycles. The minimum absolute atomic E-state index is 0.0256. The fourth-order valence-corrected chi connectivity index (χ4v) is 4.01. The molecule has 2 atom stereocenters. The van der Waals surface area contributed by atoms with Gasteiger partial charge in [-0.15, -0.1) is 0 Å². The molecule has 1 saturated heterocycles. The van der Waals surface area contributed by atoms with Crippen LogP contribution in [0.4, 0.5) is 13.2 Å². The highest BCUT2D eigenvalue weighted by Crippen LogP contribution is 2.36. The molecule has 2 aromatic rings. The van der Waals surface area contributed by atoms with E-state index in [4.69, 9.17) is 9.47 Å². The molecule has 0 bridgehead atoms. The van der Waals surface area contributed by atoms with Gasteiger partial charge < -0.3 is 9.47 Å². The van der Waals surface area contributed by atoms with E-state index >= 15 is 0 Å². The summed E-state index contributed by atoms with van der Waals surface area (Å²) in [6.45, 7) is 4.98. The summed E-state index contributed by atoms with van der Waals surface area (Å²) in [6.07, 6.45) is 7.14. The van der Waals surface area contributed by atoms with Crippen LogP contribution in [-0.2, 0) is 4.74 Å². The predicted octanol–water partition coefficient (Wildman–Crippen LogP) is 7.40. The standard InChI is InChI=1S/C25H31F3O2/c1-3-5-6-7-18-9-8-17(16-30-18)20-12-13-22(25(28)24(20)27)21-11-10-19(15-23(21)26)29-14-4-2/h10-13,15,17-18H,3-9,14,16H2,1-2H3. The van der Waals surface area contributed by atoms with Crippen molar-refractivity contribution in [3.05, 3.63) is 53.3 Å². The summed E-state index contributed by atoms with van der Waals surface area (Å²) < 4.78 is 55.5. The van der Waals surface area contributed by atoms with E-state index in [1.165, 1.54) is 31.0 Å². The summed E-state index contributed by atoms with van der Waals surface area (Å²) in [5.74, 6) is -2.35.